The summed E-state index contributed by atoms with van der Waals surface area (Å²) in [7, 11) is 1.81. The van der Waals surface area contributed by atoms with Crippen LogP contribution < -0.4 is 11.0 Å². The Balaban J connectivity index is 1.49. The normalized spacial score (nSPS) is 24.1. The second kappa shape index (κ2) is 9.79. The monoisotopic (exact) mass is 478 g/mol. The van der Waals surface area contributed by atoms with Gasteiger partial charge in [0.25, 0.3) is 0 Å². The molecule has 0 saturated heterocycles. The number of aryl methyl sites for hydroxylation is 1. The van der Waals surface area contributed by atoms with Gasteiger partial charge in [0.2, 0.25) is 5.91 Å². The summed E-state index contributed by atoms with van der Waals surface area (Å²) in [6.45, 7) is 11.6. The number of rotatable bonds is 6. The van der Waals surface area contributed by atoms with Crippen molar-refractivity contribution >= 4 is 17.1 Å². The smallest absolute Gasteiger partial charge is 0.330 e. The van der Waals surface area contributed by atoms with E-state index in [2.05, 4.69) is 76.4 Å². The summed E-state index contributed by atoms with van der Waals surface area (Å²) in [5.41, 5.74) is 2.70. The Morgan fingerprint density at radius 3 is 2.69 bits per heavy atom. The Labute approximate surface area is 209 Å². The summed E-state index contributed by atoms with van der Waals surface area (Å²) in [6, 6.07) is 4.26. The van der Waals surface area contributed by atoms with Gasteiger partial charge in [-0.25, -0.2) is 9.78 Å². The minimum Gasteiger partial charge on any atom is -0.353 e. The molecule has 0 aliphatic heterocycles. The van der Waals surface area contributed by atoms with E-state index in [1.165, 1.54) is 0 Å². The summed E-state index contributed by atoms with van der Waals surface area (Å²) >= 11 is 0. The largest absolute Gasteiger partial charge is 0.353 e. The first-order valence-electron chi connectivity index (χ1n) is 13.1. The van der Waals surface area contributed by atoms with Crippen LogP contribution in [0, 0.1) is 16.7 Å². The van der Waals surface area contributed by atoms with Crippen molar-refractivity contribution < 1.29 is 4.79 Å². The average Bonchev–Trinajstić information content (AvgIpc) is 3.03. The summed E-state index contributed by atoms with van der Waals surface area (Å²) in [4.78, 5) is 30.8. The highest BCUT2D eigenvalue weighted by atomic mass is 16.2. The van der Waals surface area contributed by atoms with Gasteiger partial charge in [0, 0.05) is 37.7 Å². The fourth-order valence-electron chi connectivity index (χ4n) is 5.54. The molecular weight excluding hydrogens is 436 g/mol. The number of allylic oxidation sites excluding steroid dienone is 4. The summed E-state index contributed by atoms with van der Waals surface area (Å²) < 4.78 is 3.52. The molecule has 2 aliphatic rings. The zero-order valence-electron chi connectivity index (χ0n) is 22.3. The first-order chi connectivity index (χ1) is 16.4. The van der Waals surface area contributed by atoms with Gasteiger partial charge in [-0.2, -0.15) is 0 Å². The summed E-state index contributed by atoms with van der Waals surface area (Å²) in [5.74, 6) is 0.882. The van der Waals surface area contributed by atoms with Gasteiger partial charge in [0.15, 0.2) is 5.65 Å². The van der Waals surface area contributed by atoms with Crippen LogP contribution in [0.2, 0.25) is 0 Å². The standard InChI is InChI=1S/C29H42N4O2/c1-28(2,3)19-33-23-14-13-22(30-26(23)32(6)27(33)35)21-16-17-29(4,5)24(18-21)31-25(34)15-12-20-10-8-7-9-11-20/h7-10,13-14,20-21,24H,11-12,15-19H2,1-6H3,(H,31,34). The second-order valence-electron chi connectivity index (χ2n) is 12.5. The van der Waals surface area contributed by atoms with Gasteiger partial charge in [-0.05, 0) is 61.0 Å². The van der Waals surface area contributed by atoms with Crippen LogP contribution in [-0.2, 0) is 18.4 Å². The van der Waals surface area contributed by atoms with Gasteiger partial charge in [0.1, 0.15) is 0 Å². The number of carbonyl (C=O) groups excluding carboxylic acids is 1. The van der Waals surface area contributed by atoms with E-state index in [0.717, 1.165) is 49.0 Å². The number of nitrogens with zero attached hydrogens (tertiary/aromatic N) is 3. The van der Waals surface area contributed by atoms with Gasteiger partial charge >= 0.3 is 5.69 Å². The number of carbonyl (C=O) groups is 1. The molecule has 6 nitrogen and oxygen atoms in total. The van der Waals surface area contributed by atoms with Gasteiger partial charge in [-0.3, -0.25) is 13.9 Å². The Bertz CT molecular complexity index is 1190. The molecule has 2 aromatic heterocycles. The van der Waals surface area contributed by atoms with Crippen LogP contribution in [0.25, 0.3) is 11.2 Å². The minimum atomic E-state index is -0.0159. The highest BCUT2D eigenvalue weighted by Crippen LogP contribution is 2.42. The molecule has 1 amide bonds. The van der Waals surface area contributed by atoms with Crippen LogP contribution in [0.4, 0.5) is 0 Å². The zero-order valence-corrected chi connectivity index (χ0v) is 22.3. The van der Waals surface area contributed by atoms with Gasteiger partial charge in [-0.1, -0.05) is 58.9 Å². The molecule has 0 aromatic carbocycles. The Kier molecular flexibility index (Phi) is 7.12. The molecule has 190 valence electrons. The van der Waals surface area contributed by atoms with Crippen molar-refractivity contribution in [3.05, 3.63) is 52.6 Å². The maximum atomic E-state index is 12.9. The highest BCUT2D eigenvalue weighted by molar-refractivity contribution is 5.76. The number of hydrogen-bond donors (Lipinski definition) is 1. The zero-order chi connectivity index (χ0) is 25.4. The van der Waals surface area contributed by atoms with Crippen LogP contribution in [0.1, 0.15) is 84.8 Å². The Hall–Kier alpha value is -2.63. The number of fused-ring (bicyclic) bond motifs is 1. The maximum Gasteiger partial charge on any atom is 0.330 e. The summed E-state index contributed by atoms with van der Waals surface area (Å²) in [5, 5.41) is 3.37. The van der Waals surface area contributed by atoms with E-state index < -0.39 is 0 Å². The molecule has 3 unspecified atom stereocenters. The molecule has 3 atom stereocenters. The minimum absolute atomic E-state index is 0.00113. The third kappa shape index (κ3) is 5.79. The van der Waals surface area contributed by atoms with Crippen LogP contribution in [0.5, 0.6) is 0 Å². The average molecular weight is 479 g/mol. The van der Waals surface area contributed by atoms with Crippen molar-refractivity contribution in [2.75, 3.05) is 0 Å². The number of imidazole rings is 1. The van der Waals surface area contributed by atoms with Crippen molar-refractivity contribution in [3.63, 3.8) is 0 Å². The Morgan fingerprint density at radius 1 is 1.23 bits per heavy atom. The molecule has 6 heteroatoms. The molecule has 1 saturated carbocycles. The van der Waals surface area contributed by atoms with Crippen molar-refractivity contribution in [2.45, 2.75) is 91.6 Å². The number of aromatic nitrogens is 3. The molecule has 4 rings (SSSR count). The van der Waals surface area contributed by atoms with E-state index in [1.807, 2.05) is 11.6 Å². The number of nitrogens with one attached hydrogen (secondary N) is 1. The van der Waals surface area contributed by atoms with E-state index in [-0.39, 0.29) is 34.4 Å². The van der Waals surface area contributed by atoms with Crippen molar-refractivity contribution in [1.82, 2.24) is 19.4 Å². The van der Waals surface area contributed by atoms with Gasteiger partial charge in [0.05, 0.1) is 5.52 Å². The van der Waals surface area contributed by atoms with Crippen molar-refractivity contribution in [1.29, 1.82) is 0 Å². The fraction of sp³-hybridized carbons (Fsp3) is 0.621. The number of pyridine rings is 1. The first kappa shape index (κ1) is 25.5. The third-order valence-electron chi connectivity index (χ3n) is 7.80. The molecule has 0 spiro atoms. The SMILES string of the molecule is Cn1c(=O)n(CC(C)(C)C)c2ccc(C3CCC(C)(C)C(NC(=O)CCC4C=CC=CC4)C3)nc21. The molecule has 2 aliphatic carbocycles. The number of hydrogen-bond acceptors (Lipinski definition) is 3. The lowest BCUT2D eigenvalue weighted by atomic mass is 9.68. The lowest BCUT2D eigenvalue weighted by Crippen LogP contribution is -2.48. The molecule has 0 radical (unpaired) electrons. The van der Waals surface area contributed by atoms with Gasteiger partial charge in [-0.15, -0.1) is 0 Å². The van der Waals surface area contributed by atoms with E-state index in [9.17, 15) is 9.59 Å². The molecule has 0 bridgehead atoms. The topological polar surface area (TPSA) is 68.9 Å². The van der Waals surface area contributed by atoms with Crippen LogP contribution in [0.15, 0.2) is 41.2 Å². The number of amides is 1. The van der Waals surface area contributed by atoms with E-state index in [1.54, 1.807) is 4.57 Å². The van der Waals surface area contributed by atoms with E-state index >= 15 is 0 Å². The molecule has 1 N–H and O–H groups in total. The van der Waals surface area contributed by atoms with E-state index in [4.69, 9.17) is 4.98 Å². The fourth-order valence-corrected chi connectivity index (χ4v) is 5.54. The summed E-state index contributed by atoms with van der Waals surface area (Å²) in [6.07, 6.45) is 14.0. The van der Waals surface area contributed by atoms with Crippen LogP contribution in [-0.4, -0.2) is 26.1 Å². The molecule has 2 heterocycles. The van der Waals surface area contributed by atoms with Crippen molar-refractivity contribution in [3.8, 4) is 0 Å². The molecule has 35 heavy (non-hydrogen) atoms. The van der Waals surface area contributed by atoms with Gasteiger partial charge < -0.3 is 5.32 Å². The van der Waals surface area contributed by atoms with Crippen LogP contribution in [0.3, 0.4) is 0 Å². The van der Waals surface area contributed by atoms with Crippen molar-refractivity contribution in [2.24, 2.45) is 23.8 Å². The van der Waals surface area contributed by atoms with Crippen LogP contribution >= 0.6 is 0 Å². The highest BCUT2D eigenvalue weighted by Gasteiger charge is 2.38. The molecule has 2 aromatic rings. The third-order valence-corrected chi connectivity index (χ3v) is 7.80. The maximum absolute atomic E-state index is 12.9. The predicted octanol–water partition coefficient (Wildman–Crippen LogP) is 5.47. The second-order valence-corrected chi connectivity index (χ2v) is 12.5. The quantitative estimate of drug-likeness (QED) is 0.598. The van der Waals surface area contributed by atoms with E-state index in [0.29, 0.717) is 18.9 Å². The lowest BCUT2D eigenvalue weighted by molar-refractivity contribution is -0.123. The predicted molar refractivity (Wildman–Crippen MR) is 142 cm³/mol. The molecule has 1 fully saturated rings. The first-order valence-corrected chi connectivity index (χ1v) is 13.1. The molecular formula is C29H42N4O2. The lowest BCUT2D eigenvalue weighted by Gasteiger charge is -2.42. The Morgan fingerprint density at radius 2 is 2.00 bits per heavy atom.